The quantitative estimate of drug-likeness (QED) is 0.786. The Morgan fingerprint density at radius 3 is 2.61 bits per heavy atom. The normalized spacial score (nSPS) is 10.1. The van der Waals surface area contributed by atoms with E-state index >= 15 is 0 Å². The largest absolute Gasteiger partial charge is 0.438 e. The Morgan fingerprint density at radius 1 is 1.00 bits per heavy atom. The molecule has 1 amide bonds. The summed E-state index contributed by atoms with van der Waals surface area (Å²) in [6.45, 7) is 0.395. The SMILES string of the molecule is O=C(NCc1cccnc1)c1cccnc1Oc1ccccc1. The highest BCUT2D eigenvalue weighted by Gasteiger charge is 2.14. The van der Waals surface area contributed by atoms with E-state index in [0.717, 1.165) is 5.56 Å². The lowest BCUT2D eigenvalue weighted by atomic mass is 10.2. The summed E-state index contributed by atoms with van der Waals surface area (Å²) in [7, 11) is 0. The van der Waals surface area contributed by atoms with Gasteiger partial charge in [0.25, 0.3) is 5.91 Å². The lowest BCUT2D eigenvalue weighted by Gasteiger charge is -2.10. The molecule has 0 radical (unpaired) electrons. The molecule has 0 saturated carbocycles. The summed E-state index contributed by atoms with van der Waals surface area (Å²) in [5.41, 5.74) is 1.32. The minimum absolute atomic E-state index is 0.243. The van der Waals surface area contributed by atoms with E-state index in [1.165, 1.54) is 0 Å². The van der Waals surface area contributed by atoms with Crippen LogP contribution in [-0.2, 0) is 6.54 Å². The first-order chi connectivity index (χ1) is 11.3. The van der Waals surface area contributed by atoms with Gasteiger partial charge in [-0.25, -0.2) is 4.98 Å². The number of rotatable bonds is 5. The van der Waals surface area contributed by atoms with E-state index in [1.54, 1.807) is 30.7 Å². The van der Waals surface area contributed by atoms with Gasteiger partial charge in [0.2, 0.25) is 5.88 Å². The number of hydrogen-bond acceptors (Lipinski definition) is 4. The van der Waals surface area contributed by atoms with Crippen LogP contribution >= 0.6 is 0 Å². The third-order valence-electron chi connectivity index (χ3n) is 3.15. The fraction of sp³-hybridized carbons (Fsp3) is 0.0556. The second-order valence-corrected chi connectivity index (χ2v) is 4.82. The van der Waals surface area contributed by atoms with E-state index in [9.17, 15) is 4.79 Å². The third kappa shape index (κ3) is 3.91. The van der Waals surface area contributed by atoms with Crippen LogP contribution in [0.2, 0.25) is 0 Å². The molecule has 2 aromatic heterocycles. The zero-order valence-electron chi connectivity index (χ0n) is 12.3. The van der Waals surface area contributed by atoms with Crippen molar-refractivity contribution in [2.75, 3.05) is 0 Å². The molecule has 114 valence electrons. The molecule has 0 unspecified atom stereocenters. The van der Waals surface area contributed by atoms with Crippen LogP contribution in [0.15, 0.2) is 73.2 Å². The lowest BCUT2D eigenvalue weighted by molar-refractivity contribution is 0.0948. The van der Waals surface area contributed by atoms with Crippen molar-refractivity contribution in [2.45, 2.75) is 6.54 Å². The fourth-order valence-electron chi connectivity index (χ4n) is 2.03. The first kappa shape index (κ1) is 14.7. The highest BCUT2D eigenvalue weighted by atomic mass is 16.5. The molecule has 3 rings (SSSR count). The molecule has 0 saturated heterocycles. The first-order valence-corrected chi connectivity index (χ1v) is 7.18. The molecule has 0 bridgehead atoms. The van der Waals surface area contributed by atoms with Crippen molar-refractivity contribution < 1.29 is 9.53 Å². The van der Waals surface area contributed by atoms with Crippen LogP contribution < -0.4 is 10.1 Å². The summed E-state index contributed by atoms with van der Waals surface area (Å²) in [5, 5.41) is 2.84. The molecule has 5 heteroatoms. The Balaban J connectivity index is 1.73. The predicted octanol–water partition coefficient (Wildman–Crippen LogP) is 3.20. The standard InChI is InChI=1S/C18H15N3O2/c22-17(21-13-14-6-4-10-19-12-14)16-9-5-11-20-18(16)23-15-7-2-1-3-8-15/h1-12H,13H2,(H,21,22). The first-order valence-electron chi connectivity index (χ1n) is 7.18. The topological polar surface area (TPSA) is 64.1 Å². The minimum atomic E-state index is -0.243. The van der Waals surface area contributed by atoms with Gasteiger partial charge in [0.15, 0.2) is 0 Å². The van der Waals surface area contributed by atoms with Gasteiger partial charge in [0, 0.05) is 25.1 Å². The van der Waals surface area contributed by atoms with Gasteiger partial charge in [0.1, 0.15) is 11.3 Å². The summed E-state index contributed by atoms with van der Waals surface area (Å²) in [5.74, 6) is 0.669. The molecule has 1 N–H and O–H groups in total. The number of hydrogen-bond donors (Lipinski definition) is 1. The molecule has 0 aliphatic carbocycles. The van der Waals surface area contributed by atoms with Crippen LogP contribution in [0.1, 0.15) is 15.9 Å². The molecule has 0 aliphatic heterocycles. The van der Waals surface area contributed by atoms with Gasteiger partial charge in [-0.3, -0.25) is 9.78 Å². The monoisotopic (exact) mass is 305 g/mol. The number of aromatic nitrogens is 2. The Hall–Kier alpha value is -3.21. The van der Waals surface area contributed by atoms with E-state index < -0.39 is 0 Å². The van der Waals surface area contributed by atoms with Gasteiger partial charge in [-0.1, -0.05) is 24.3 Å². The maximum atomic E-state index is 12.4. The average molecular weight is 305 g/mol. The fourth-order valence-corrected chi connectivity index (χ4v) is 2.03. The van der Waals surface area contributed by atoms with Crippen LogP contribution in [0, 0.1) is 0 Å². The Kier molecular flexibility index (Phi) is 4.59. The third-order valence-corrected chi connectivity index (χ3v) is 3.15. The van der Waals surface area contributed by atoms with Crippen molar-refractivity contribution in [3.05, 3.63) is 84.3 Å². The number of benzene rings is 1. The molecular weight excluding hydrogens is 290 g/mol. The predicted molar refractivity (Wildman–Crippen MR) is 86.2 cm³/mol. The highest BCUT2D eigenvalue weighted by Crippen LogP contribution is 2.22. The number of para-hydroxylation sites is 1. The van der Waals surface area contributed by atoms with Crippen LogP contribution in [0.5, 0.6) is 11.6 Å². The zero-order valence-corrected chi connectivity index (χ0v) is 12.3. The van der Waals surface area contributed by atoms with Crippen LogP contribution in [0.25, 0.3) is 0 Å². The second-order valence-electron chi connectivity index (χ2n) is 4.82. The molecule has 3 aromatic rings. The Morgan fingerprint density at radius 2 is 1.83 bits per heavy atom. The Bertz CT molecular complexity index is 777. The number of pyridine rings is 2. The van der Waals surface area contributed by atoms with Gasteiger partial charge < -0.3 is 10.1 Å². The van der Waals surface area contributed by atoms with E-state index in [2.05, 4.69) is 15.3 Å². The van der Waals surface area contributed by atoms with Crippen molar-refractivity contribution in [1.82, 2.24) is 15.3 Å². The molecular formula is C18H15N3O2. The summed E-state index contributed by atoms with van der Waals surface area (Å²) < 4.78 is 5.70. The number of carbonyl (C=O) groups excluding carboxylic acids is 1. The molecule has 23 heavy (non-hydrogen) atoms. The average Bonchev–Trinajstić information content (AvgIpc) is 2.62. The molecule has 1 aromatic carbocycles. The Labute approximate surface area is 134 Å². The maximum absolute atomic E-state index is 12.4. The van der Waals surface area contributed by atoms with E-state index in [4.69, 9.17) is 4.74 Å². The number of ether oxygens (including phenoxy) is 1. The number of nitrogens with zero attached hydrogens (tertiary/aromatic N) is 2. The van der Waals surface area contributed by atoms with Crippen molar-refractivity contribution in [3.8, 4) is 11.6 Å². The molecule has 0 fully saturated rings. The number of amides is 1. The lowest BCUT2D eigenvalue weighted by Crippen LogP contribution is -2.23. The van der Waals surface area contributed by atoms with Crippen LogP contribution in [0.3, 0.4) is 0 Å². The summed E-state index contributed by atoms with van der Waals surface area (Å²) in [6.07, 6.45) is 5.00. The van der Waals surface area contributed by atoms with E-state index in [-0.39, 0.29) is 11.8 Å². The van der Waals surface area contributed by atoms with Gasteiger partial charge >= 0.3 is 0 Å². The molecule has 0 aliphatic rings. The summed E-state index contributed by atoms with van der Waals surface area (Å²) in [6, 6.07) is 16.4. The second kappa shape index (κ2) is 7.17. The smallest absolute Gasteiger partial charge is 0.257 e. The minimum Gasteiger partial charge on any atom is -0.438 e. The molecule has 2 heterocycles. The van der Waals surface area contributed by atoms with Crippen LogP contribution in [0.4, 0.5) is 0 Å². The molecule has 0 spiro atoms. The maximum Gasteiger partial charge on any atom is 0.257 e. The summed E-state index contributed by atoms with van der Waals surface area (Å²) in [4.78, 5) is 20.6. The van der Waals surface area contributed by atoms with Gasteiger partial charge in [-0.05, 0) is 35.9 Å². The highest BCUT2D eigenvalue weighted by molar-refractivity contribution is 5.96. The van der Waals surface area contributed by atoms with Crippen molar-refractivity contribution in [1.29, 1.82) is 0 Å². The summed E-state index contributed by atoms with van der Waals surface area (Å²) >= 11 is 0. The van der Waals surface area contributed by atoms with Crippen molar-refractivity contribution >= 4 is 5.91 Å². The van der Waals surface area contributed by atoms with Gasteiger partial charge in [-0.2, -0.15) is 0 Å². The van der Waals surface area contributed by atoms with Gasteiger partial charge in [0.05, 0.1) is 0 Å². The van der Waals surface area contributed by atoms with E-state index in [0.29, 0.717) is 17.9 Å². The van der Waals surface area contributed by atoms with Crippen LogP contribution in [-0.4, -0.2) is 15.9 Å². The van der Waals surface area contributed by atoms with Crippen molar-refractivity contribution in [2.24, 2.45) is 0 Å². The zero-order chi connectivity index (χ0) is 15.9. The number of carbonyl (C=O) groups is 1. The van der Waals surface area contributed by atoms with Gasteiger partial charge in [-0.15, -0.1) is 0 Å². The number of nitrogens with one attached hydrogen (secondary N) is 1. The molecule has 0 atom stereocenters. The van der Waals surface area contributed by atoms with Crippen molar-refractivity contribution in [3.63, 3.8) is 0 Å². The molecule has 5 nitrogen and oxygen atoms in total. The van der Waals surface area contributed by atoms with E-state index in [1.807, 2.05) is 42.5 Å².